The molecule has 0 aliphatic rings. The van der Waals surface area contributed by atoms with Crippen molar-refractivity contribution in [1.82, 2.24) is 10.3 Å². The summed E-state index contributed by atoms with van der Waals surface area (Å²) in [6.07, 6.45) is 1.71. The van der Waals surface area contributed by atoms with Gasteiger partial charge in [0.15, 0.2) is 0 Å². The van der Waals surface area contributed by atoms with Gasteiger partial charge in [-0.1, -0.05) is 42.5 Å². The van der Waals surface area contributed by atoms with E-state index >= 15 is 0 Å². The lowest BCUT2D eigenvalue weighted by molar-refractivity contribution is 0.0948. The van der Waals surface area contributed by atoms with E-state index in [1.165, 1.54) is 5.56 Å². The first kappa shape index (κ1) is 20.1. The van der Waals surface area contributed by atoms with Crippen LogP contribution in [-0.4, -0.2) is 30.5 Å². The van der Waals surface area contributed by atoms with Gasteiger partial charge in [0.2, 0.25) is 0 Å². The number of rotatable bonds is 8. The van der Waals surface area contributed by atoms with E-state index in [4.69, 9.17) is 4.74 Å². The molecule has 0 aliphatic carbocycles. The number of ether oxygens (including phenoxy) is 1. The highest BCUT2D eigenvalue weighted by molar-refractivity contribution is 6.03. The normalized spacial score (nSPS) is 10.2. The Hall–Kier alpha value is -3.67. The Bertz CT molecular complexity index is 974. The number of anilines is 1. The Morgan fingerprint density at radius 2 is 1.62 bits per heavy atom. The second kappa shape index (κ2) is 10.0. The molecule has 1 heterocycles. The van der Waals surface area contributed by atoms with Crippen LogP contribution in [-0.2, 0) is 6.42 Å². The maximum atomic E-state index is 12.5. The predicted octanol–water partition coefficient (Wildman–Crippen LogP) is 3.71. The van der Waals surface area contributed by atoms with Gasteiger partial charge in [-0.15, -0.1) is 0 Å². The number of carbonyl (C=O) groups excluding carboxylic acids is 2. The molecular formula is C23H23N3O3. The van der Waals surface area contributed by atoms with E-state index in [2.05, 4.69) is 27.8 Å². The Balaban J connectivity index is 1.55. The van der Waals surface area contributed by atoms with Crippen LogP contribution in [0.1, 0.15) is 33.0 Å². The molecule has 2 N–H and O–H groups in total. The molecule has 0 atom stereocenters. The molecule has 0 aliphatic heterocycles. The van der Waals surface area contributed by atoms with Crippen molar-refractivity contribution in [3.05, 3.63) is 89.7 Å². The zero-order chi connectivity index (χ0) is 20.5. The number of amides is 2. The summed E-state index contributed by atoms with van der Waals surface area (Å²) < 4.78 is 5.15. The van der Waals surface area contributed by atoms with E-state index in [1.807, 2.05) is 18.2 Å². The lowest BCUT2D eigenvalue weighted by Crippen LogP contribution is -2.26. The SMILES string of the molecule is COc1cccc(NC(=O)c2cccc(C(=O)NCCCc3ccccc3)n2)c1. The van der Waals surface area contributed by atoms with Gasteiger partial charge < -0.3 is 15.4 Å². The summed E-state index contributed by atoms with van der Waals surface area (Å²) in [5.74, 6) is -0.0505. The Kier molecular flexibility index (Phi) is 6.95. The molecule has 6 nitrogen and oxygen atoms in total. The minimum absolute atomic E-state index is 0.171. The van der Waals surface area contributed by atoms with Crippen LogP contribution < -0.4 is 15.4 Å². The van der Waals surface area contributed by atoms with Gasteiger partial charge in [0.25, 0.3) is 11.8 Å². The van der Waals surface area contributed by atoms with Gasteiger partial charge in [0.05, 0.1) is 7.11 Å². The Morgan fingerprint density at radius 1 is 0.897 bits per heavy atom. The fourth-order valence-corrected chi connectivity index (χ4v) is 2.81. The largest absolute Gasteiger partial charge is 0.497 e. The molecule has 29 heavy (non-hydrogen) atoms. The molecule has 2 aromatic carbocycles. The number of carbonyl (C=O) groups is 2. The van der Waals surface area contributed by atoms with Crippen LogP contribution in [0.15, 0.2) is 72.8 Å². The standard InChI is InChI=1S/C23H23N3O3/c1-29-19-12-5-11-18(16-19)25-23(28)21-14-6-13-20(26-21)22(27)24-15-7-10-17-8-3-2-4-9-17/h2-6,8-9,11-14,16H,7,10,15H2,1H3,(H,24,27)(H,25,28). The first-order valence-corrected chi connectivity index (χ1v) is 9.40. The third-order valence-electron chi connectivity index (χ3n) is 4.31. The Labute approximate surface area is 169 Å². The van der Waals surface area contributed by atoms with E-state index < -0.39 is 5.91 Å². The minimum Gasteiger partial charge on any atom is -0.497 e. The predicted molar refractivity (Wildman–Crippen MR) is 112 cm³/mol. The van der Waals surface area contributed by atoms with Crippen LogP contribution in [0.25, 0.3) is 0 Å². The molecule has 6 heteroatoms. The number of nitrogens with one attached hydrogen (secondary N) is 2. The summed E-state index contributed by atoms with van der Waals surface area (Å²) >= 11 is 0. The Morgan fingerprint density at radius 3 is 2.38 bits per heavy atom. The molecule has 3 rings (SSSR count). The van der Waals surface area contributed by atoms with Gasteiger partial charge in [-0.3, -0.25) is 9.59 Å². The zero-order valence-electron chi connectivity index (χ0n) is 16.2. The van der Waals surface area contributed by atoms with Crippen LogP contribution in [0, 0.1) is 0 Å². The van der Waals surface area contributed by atoms with Gasteiger partial charge in [0, 0.05) is 18.3 Å². The van der Waals surface area contributed by atoms with E-state index in [1.54, 1.807) is 49.6 Å². The molecule has 1 aromatic heterocycles. The molecule has 0 radical (unpaired) electrons. The molecule has 2 amide bonds. The van der Waals surface area contributed by atoms with Crippen LogP contribution in [0.4, 0.5) is 5.69 Å². The summed E-state index contributed by atoms with van der Waals surface area (Å²) in [6, 6.07) is 21.9. The van der Waals surface area contributed by atoms with Gasteiger partial charge in [-0.2, -0.15) is 0 Å². The fraction of sp³-hybridized carbons (Fsp3) is 0.174. The molecule has 0 bridgehead atoms. The number of methoxy groups -OCH3 is 1. The van der Waals surface area contributed by atoms with Crippen molar-refractivity contribution < 1.29 is 14.3 Å². The fourth-order valence-electron chi connectivity index (χ4n) is 2.81. The number of nitrogens with zero attached hydrogens (tertiary/aromatic N) is 1. The average Bonchev–Trinajstić information content (AvgIpc) is 2.77. The van der Waals surface area contributed by atoms with Gasteiger partial charge in [0.1, 0.15) is 17.1 Å². The zero-order valence-corrected chi connectivity index (χ0v) is 16.2. The highest BCUT2D eigenvalue weighted by Crippen LogP contribution is 2.17. The first-order chi connectivity index (χ1) is 14.2. The van der Waals surface area contributed by atoms with Crippen molar-refractivity contribution in [2.45, 2.75) is 12.8 Å². The van der Waals surface area contributed by atoms with Gasteiger partial charge >= 0.3 is 0 Å². The quantitative estimate of drug-likeness (QED) is 0.576. The van der Waals surface area contributed by atoms with Crippen LogP contribution in [0.2, 0.25) is 0 Å². The number of hydrogen-bond donors (Lipinski definition) is 2. The third kappa shape index (κ3) is 5.90. The van der Waals surface area contributed by atoms with Crippen LogP contribution in [0.5, 0.6) is 5.75 Å². The lowest BCUT2D eigenvalue weighted by Gasteiger charge is -2.08. The number of aromatic nitrogens is 1. The number of pyridine rings is 1. The van der Waals surface area contributed by atoms with Crippen molar-refractivity contribution >= 4 is 17.5 Å². The van der Waals surface area contributed by atoms with E-state index in [-0.39, 0.29) is 17.3 Å². The molecule has 0 saturated carbocycles. The second-order valence-corrected chi connectivity index (χ2v) is 6.44. The van der Waals surface area contributed by atoms with Crippen molar-refractivity contribution in [2.75, 3.05) is 19.0 Å². The van der Waals surface area contributed by atoms with Crippen LogP contribution in [0.3, 0.4) is 0 Å². The van der Waals surface area contributed by atoms with Crippen molar-refractivity contribution in [1.29, 1.82) is 0 Å². The topological polar surface area (TPSA) is 80.3 Å². The maximum absolute atomic E-state index is 12.5. The lowest BCUT2D eigenvalue weighted by atomic mass is 10.1. The van der Waals surface area contributed by atoms with E-state index in [0.717, 1.165) is 12.8 Å². The number of aryl methyl sites for hydroxylation is 1. The van der Waals surface area contributed by atoms with Crippen molar-refractivity contribution in [3.8, 4) is 5.75 Å². The maximum Gasteiger partial charge on any atom is 0.274 e. The monoisotopic (exact) mass is 389 g/mol. The second-order valence-electron chi connectivity index (χ2n) is 6.44. The highest BCUT2D eigenvalue weighted by atomic mass is 16.5. The molecule has 0 spiro atoms. The van der Waals surface area contributed by atoms with Crippen LogP contribution >= 0.6 is 0 Å². The molecular weight excluding hydrogens is 366 g/mol. The average molecular weight is 389 g/mol. The molecule has 3 aromatic rings. The van der Waals surface area contributed by atoms with Crippen molar-refractivity contribution in [2.24, 2.45) is 0 Å². The smallest absolute Gasteiger partial charge is 0.274 e. The minimum atomic E-state index is -0.392. The molecule has 0 unspecified atom stereocenters. The summed E-state index contributed by atoms with van der Waals surface area (Å²) in [4.78, 5) is 29.0. The molecule has 0 saturated heterocycles. The third-order valence-corrected chi connectivity index (χ3v) is 4.31. The first-order valence-electron chi connectivity index (χ1n) is 9.40. The summed E-state index contributed by atoms with van der Waals surface area (Å²) in [5, 5.41) is 5.61. The highest BCUT2D eigenvalue weighted by Gasteiger charge is 2.12. The number of hydrogen-bond acceptors (Lipinski definition) is 4. The van der Waals surface area contributed by atoms with Gasteiger partial charge in [-0.25, -0.2) is 4.98 Å². The van der Waals surface area contributed by atoms with E-state index in [0.29, 0.717) is 18.0 Å². The van der Waals surface area contributed by atoms with E-state index in [9.17, 15) is 9.59 Å². The summed E-state index contributed by atoms with van der Waals surface area (Å²) in [5.41, 5.74) is 2.20. The number of benzene rings is 2. The summed E-state index contributed by atoms with van der Waals surface area (Å²) in [7, 11) is 1.56. The van der Waals surface area contributed by atoms with Crippen molar-refractivity contribution in [3.63, 3.8) is 0 Å². The summed E-state index contributed by atoms with van der Waals surface area (Å²) in [6.45, 7) is 0.537. The molecule has 0 fully saturated rings. The molecule has 148 valence electrons. The van der Waals surface area contributed by atoms with Gasteiger partial charge in [-0.05, 0) is 42.7 Å².